The lowest BCUT2D eigenvalue weighted by Crippen LogP contribution is -2.43. The number of anilines is 1. The number of nitrogens with one attached hydrogen (secondary N) is 1. The van der Waals surface area contributed by atoms with Gasteiger partial charge in [-0.2, -0.15) is 0 Å². The minimum Gasteiger partial charge on any atom is -0.348 e. The lowest BCUT2D eigenvalue weighted by molar-refractivity contribution is -0.120. The SMILES string of the molecule is CN1C(=O)C(Cc2ccc(F)c(Cl)c2)C(=O)c2cc(C(=O)NCc3ccc(F)cc3)ccc21. The summed E-state index contributed by atoms with van der Waals surface area (Å²) in [6.45, 7) is 0.191. The summed E-state index contributed by atoms with van der Waals surface area (Å²) in [5, 5.41) is 2.65. The summed E-state index contributed by atoms with van der Waals surface area (Å²) < 4.78 is 26.5. The van der Waals surface area contributed by atoms with E-state index in [0.29, 0.717) is 11.3 Å². The van der Waals surface area contributed by atoms with E-state index < -0.39 is 23.4 Å². The quantitative estimate of drug-likeness (QED) is 0.558. The Morgan fingerprint density at radius 2 is 1.70 bits per heavy atom. The zero-order chi connectivity index (χ0) is 23.7. The second kappa shape index (κ2) is 9.11. The highest BCUT2D eigenvalue weighted by molar-refractivity contribution is 6.30. The van der Waals surface area contributed by atoms with E-state index in [1.165, 1.54) is 47.4 Å². The van der Waals surface area contributed by atoms with Crippen LogP contribution in [0.2, 0.25) is 5.02 Å². The maximum atomic E-state index is 13.5. The molecule has 0 aromatic heterocycles. The van der Waals surface area contributed by atoms with Gasteiger partial charge in [0.2, 0.25) is 5.91 Å². The van der Waals surface area contributed by atoms with Crippen molar-refractivity contribution in [3.8, 4) is 0 Å². The van der Waals surface area contributed by atoms with Crippen molar-refractivity contribution in [2.75, 3.05) is 11.9 Å². The molecule has 0 spiro atoms. The number of amides is 2. The molecule has 1 aliphatic heterocycles. The average molecular weight is 469 g/mol. The van der Waals surface area contributed by atoms with Crippen molar-refractivity contribution in [3.63, 3.8) is 0 Å². The Kier molecular flexibility index (Phi) is 6.24. The predicted octanol–water partition coefficient (Wildman–Crippen LogP) is 4.57. The van der Waals surface area contributed by atoms with Gasteiger partial charge in [0.05, 0.1) is 10.7 Å². The van der Waals surface area contributed by atoms with E-state index in [-0.39, 0.29) is 40.8 Å². The number of ketones is 1. The first-order valence-corrected chi connectivity index (χ1v) is 10.5. The minimum absolute atomic E-state index is 0.0580. The van der Waals surface area contributed by atoms with Crippen molar-refractivity contribution >= 4 is 34.9 Å². The van der Waals surface area contributed by atoms with Gasteiger partial charge in [0.1, 0.15) is 17.6 Å². The standard InChI is InChI=1S/C25H19ClF2N2O3/c1-30-22-9-5-16(24(32)29-13-14-2-6-17(27)7-3-14)12-18(22)23(31)19(25(30)33)10-15-4-8-21(28)20(26)11-15/h2-9,11-12,19H,10,13H2,1H3,(H,29,32). The minimum atomic E-state index is -1.01. The molecule has 1 atom stereocenters. The number of hydrogen-bond donors (Lipinski definition) is 1. The Labute approximate surface area is 194 Å². The van der Waals surface area contributed by atoms with Crippen molar-refractivity contribution in [1.82, 2.24) is 5.32 Å². The van der Waals surface area contributed by atoms with Crippen LogP contribution in [0.15, 0.2) is 60.7 Å². The van der Waals surface area contributed by atoms with Crippen LogP contribution < -0.4 is 10.2 Å². The molecule has 8 heteroatoms. The fourth-order valence-electron chi connectivity index (χ4n) is 3.79. The molecule has 1 N–H and O–H groups in total. The van der Waals surface area contributed by atoms with Crippen molar-refractivity contribution < 1.29 is 23.2 Å². The number of rotatable bonds is 5. The third kappa shape index (κ3) is 4.64. The van der Waals surface area contributed by atoms with Crippen molar-refractivity contribution in [2.24, 2.45) is 5.92 Å². The Balaban J connectivity index is 1.56. The number of halogens is 3. The zero-order valence-electron chi connectivity index (χ0n) is 17.6. The summed E-state index contributed by atoms with van der Waals surface area (Å²) in [4.78, 5) is 40.1. The van der Waals surface area contributed by atoms with E-state index in [4.69, 9.17) is 11.6 Å². The summed E-state index contributed by atoms with van der Waals surface area (Å²) in [5.74, 6) is -3.17. The predicted molar refractivity (Wildman–Crippen MR) is 120 cm³/mol. The first kappa shape index (κ1) is 22.6. The number of Topliss-reactive ketones (excluding diaryl/α,β-unsaturated/α-hetero) is 1. The molecule has 1 heterocycles. The van der Waals surface area contributed by atoms with Crippen LogP contribution in [0.1, 0.15) is 31.8 Å². The molecule has 5 nitrogen and oxygen atoms in total. The number of fused-ring (bicyclic) bond motifs is 1. The first-order valence-electron chi connectivity index (χ1n) is 10.2. The van der Waals surface area contributed by atoms with E-state index in [9.17, 15) is 23.2 Å². The molecular weight excluding hydrogens is 450 g/mol. The van der Waals surface area contributed by atoms with Crippen LogP contribution in [0.4, 0.5) is 14.5 Å². The second-order valence-corrected chi connectivity index (χ2v) is 8.21. The van der Waals surface area contributed by atoms with Gasteiger partial charge in [-0.05, 0) is 60.0 Å². The molecule has 33 heavy (non-hydrogen) atoms. The molecular formula is C25H19ClF2N2O3. The summed E-state index contributed by atoms with van der Waals surface area (Å²) in [6.07, 6.45) is 0.0580. The first-order chi connectivity index (χ1) is 15.7. The second-order valence-electron chi connectivity index (χ2n) is 7.81. The van der Waals surface area contributed by atoms with Crippen molar-refractivity contribution in [3.05, 3.63) is 99.6 Å². The summed E-state index contributed by atoms with van der Waals surface area (Å²) in [7, 11) is 1.56. The van der Waals surface area contributed by atoms with Gasteiger partial charge in [-0.15, -0.1) is 0 Å². The van der Waals surface area contributed by atoms with Gasteiger partial charge in [0, 0.05) is 24.7 Å². The molecule has 0 saturated heterocycles. The molecule has 1 aliphatic rings. The van der Waals surface area contributed by atoms with E-state index >= 15 is 0 Å². The van der Waals surface area contributed by atoms with E-state index in [1.807, 2.05) is 0 Å². The fourth-order valence-corrected chi connectivity index (χ4v) is 3.99. The van der Waals surface area contributed by atoms with Gasteiger partial charge in [-0.1, -0.05) is 29.8 Å². The van der Waals surface area contributed by atoms with Crippen molar-refractivity contribution in [1.29, 1.82) is 0 Å². The molecule has 0 fully saturated rings. The Morgan fingerprint density at radius 3 is 2.39 bits per heavy atom. The molecule has 168 valence electrons. The fraction of sp³-hybridized carbons (Fsp3) is 0.160. The third-order valence-electron chi connectivity index (χ3n) is 5.62. The Morgan fingerprint density at radius 1 is 1.00 bits per heavy atom. The molecule has 3 aromatic rings. The molecule has 0 saturated carbocycles. The molecule has 0 aliphatic carbocycles. The average Bonchev–Trinajstić information content (AvgIpc) is 2.81. The largest absolute Gasteiger partial charge is 0.348 e. The van der Waals surface area contributed by atoms with E-state index in [2.05, 4.69) is 5.32 Å². The molecule has 3 aromatic carbocycles. The van der Waals surface area contributed by atoms with Crippen LogP contribution in [0.3, 0.4) is 0 Å². The number of nitrogens with zero attached hydrogens (tertiary/aromatic N) is 1. The molecule has 1 unspecified atom stereocenters. The maximum Gasteiger partial charge on any atom is 0.251 e. The molecule has 4 rings (SSSR count). The van der Waals surface area contributed by atoms with Crippen LogP contribution in [0.5, 0.6) is 0 Å². The lowest BCUT2D eigenvalue weighted by Gasteiger charge is -2.31. The van der Waals surface area contributed by atoms with Crippen molar-refractivity contribution in [2.45, 2.75) is 13.0 Å². The van der Waals surface area contributed by atoms with E-state index in [1.54, 1.807) is 25.2 Å². The lowest BCUT2D eigenvalue weighted by atomic mass is 9.85. The monoisotopic (exact) mass is 468 g/mol. The normalized spacial score (nSPS) is 15.4. The van der Waals surface area contributed by atoms with Crippen LogP contribution in [0, 0.1) is 17.6 Å². The summed E-state index contributed by atoms with van der Waals surface area (Å²) in [5.41, 5.74) is 2.20. The zero-order valence-corrected chi connectivity index (χ0v) is 18.3. The molecule has 0 bridgehead atoms. The Bertz CT molecular complexity index is 1260. The summed E-state index contributed by atoms with van der Waals surface area (Å²) >= 11 is 5.83. The molecule has 2 amide bonds. The number of benzene rings is 3. The highest BCUT2D eigenvalue weighted by atomic mass is 35.5. The Hall–Kier alpha value is -3.58. The van der Waals surface area contributed by atoms with Gasteiger partial charge >= 0.3 is 0 Å². The van der Waals surface area contributed by atoms with Gasteiger partial charge in [-0.25, -0.2) is 8.78 Å². The van der Waals surface area contributed by atoms with E-state index in [0.717, 1.165) is 5.56 Å². The summed E-state index contributed by atoms with van der Waals surface area (Å²) in [6, 6.07) is 14.4. The van der Waals surface area contributed by atoms with Gasteiger partial charge < -0.3 is 10.2 Å². The maximum absolute atomic E-state index is 13.5. The van der Waals surface area contributed by atoms with Crippen LogP contribution >= 0.6 is 11.6 Å². The number of carbonyl (C=O) groups is 3. The van der Waals surface area contributed by atoms with Gasteiger partial charge in [0.15, 0.2) is 5.78 Å². The van der Waals surface area contributed by atoms with Crippen LogP contribution in [-0.2, 0) is 17.8 Å². The topological polar surface area (TPSA) is 66.5 Å². The van der Waals surface area contributed by atoms with Gasteiger partial charge in [0.25, 0.3) is 5.91 Å². The van der Waals surface area contributed by atoms with Crippen LogP contribution in [0.25, 0.3) is 0 Å². The highest BCUT2D eigenvalue weighted by Gasteiger charge is 2.38. The highest BCUT2D eigenvalue weighted by Crippen LogP contribution is 2.32. The third-order valence-corrected chi connectivity index (χ3v) is 5.91. The van der Waals surface area contributed by atoms with Gasteiger partial charge in [-0.3, -0.25) is 14.4 Å². The molecule has 0 radical (unpaired) electrons. The number of hydrogen-bond acceptors (Lipinski definition) is 3. The van der Waals surface area contributed by atoms with Crippen LogP contribution in [-0.4, -0.2) is 24.6 Å². The smallest absolute Gasteiger partial charge is 0.251 e. The number of carbonyl (C=O) groups excluding carboxylic acids is 3.